The molecule has 0 aromatic heterocycles. The first kappa shape index (κ1) is 17.4. The third kappa shape index (κ3) is 4.08. The molecule has 120 valence electrons. The molecule has 0 aliphatic carbocycles. The maximum absolute atomic E-state index is 12.3. The van der Waals surface area contributed by atoms with Crippen LogP contribution in [0.4, 0.5) is 0 Å². The minimum atomic E-state index is -3.98. The van der Waals surface area contributed by atoms with Gasteiger partial charge in [0.25, 0.3) is 10.1 Å². The van der Waals surface area contributed by atoms with Gasteiger partial charge in [0.2, 0.25) is 0 Å². The molecular weight excluding hydrogens is 324 g/mol. The van der Waals surface area contributed by atoms with Crippen molar-refractivity contribution in [3.63, 3.8) is 0 Å². The van der Waals surface area contributed by atoms with E-state index in [0.29, 0.717) is 5.56 Å². The second-order valence-electron chi connectivity index (χ2n) is 4.97. The number of benzene rings is 2. The Morgan fingerprint density at radius 3 is 2.12 bits per heavy atom. The molecule has 2 aromatic carbocycles. The molecule has 0 amide bonds. The van der Waals surface area contributed by atoms with Gasteiger partial charge in [-0.3, -0.25) is 4.18 Å². The van der Waals surface area contributed by atoms with Crippen molar-refractivity contribution in [2.45, 2.75) is 11.8 Å². The van der Waals surface area contributed by atoms with E-state index in [4.69, 9.17) is 14.7 Å². The van der Waals surface area contributed by atoms with Crippen LogP contribution in [0, 0.1) is 29.6 Å². The highest BCUT2D eigenvalue weighted by Gasteiger charge is 2.18. The minimum Gasteiger partial charge on any atom is -0.261 e. The fourth-order valence-electron chi connectivity index (χ4n) is 2.01. The maximum atomic E-state index is 12.3. The quantitative estimate of drug-likeness (QED) is 0.617. The first-order valence-electron chi connectivity index (χ1n) is 7.03. The summed E-state index contributed by atoms with van der Waals surface area (Å²) in [4.78, 5) is 0.0241. The van der Waals surface area contributed by atoms with Gasteiger partial charge >= 0.3 is 0 Å². The molecule has 0 saturated carbocycles. The highest BCUT2D eigenvalue weighted by molar-refractivity contribution is 7.86. The molecule has 6 heteroatoms. The van der Waals surface area contributed by atoms with E-state index in [1.807, 2.05) is 6.92 Å². The third-order valence-corrected chi connectivity index (χ3v) is 4.59. The molecule has 5 nitrogen and oxygen atoms in total. The highest BCUT2D eigenvalue weighted by atomic mass is 32.2. The van der Waals surface area contributed by atoms with E-state index in [2.05, 4.69) is 0 Å². The zero-order valence-electron chi connectivity index (χ0n) is 12.9. The molecule has 0 atom stereocenters. The minimum absolute atomic E-state index is 0.0241. The lowest BCUT2D eigenvalue weighted by atomic mass is 10.0. The average molecular weight is 338 g/mol. The molecule has 0 bridgehead atoms. The van der Waals surface area contributed by atoms with Gasteiger partial charge in [0.1, 0.15) is 17.7 Å². The first-order valence-corrected chi connectivity index (χ1v) is 8.43. The summed E-state index contributed by atoms with van der Waals surface area (Å²) in [5.74, 6) is 0. The smallest absolute Gasteiger partial charge is 0.261 e. The summed E-state index contributed by atoms with van der Waals surface area (Å²) in [7, 11) is -3.98. The molecule has 0 radical (unpaired) electrons. The van der Waals surface area contributed by atoms with Crippen LogP contribution in [0.25, 0.3) is 5.57 Å². The van der Waals surface area contributed by atoms with Crippen molar-refractivity contribution < 1.29 is 12.6 Å². The number of nitriles is 2. The molecule has 0 saturated heterocycles. The van der Waals surface area contributed by atoms with Crippen LogP contribution in [-0.4, -0.2) is 15.0 Å². The van der Waals surface area contributed by atoms with Gasteiger partial charge in [0, 0.05) is 5.57 Å². The summed E-state index contributed by atoms with van der Waals surface area (Å²) < 4.78 is 29.6. The van der Waals surface area contributed by atoms with Gasteiger partial charge < -0.3 is 0 Å². The van der Waals surface area contributed by atoms with E-state index in [1.165, 1.54) is 12.1 Å². The van der Waals surface area contributed by atoms with Crippen LogP contribution >= 0.6 is 0 Å². The summed E-state index contributed by atoms with van der Waals surface area (Å²) in [6, 6.07) is 18.4. The second kappa shape index (κ2) is 7.56. The first-order chi connectivity index (χ1) is 11.5. The SMILES string of the molecule is Cc1ccc(S(=O)(=O)OCC(=C(C#N)C#N)c2ccccc2)cc1. The van der Waals surface area contributed by atoms with Crippen LogP contribution < -0.4 is 0 Å². The van der Waals surface area contributed by atoms with Crippen molar-refractivity contribution in [2.75, 3.05) is 6.61 Å². The molecule has 2 aromatic rings. The van der Waals surface area contributed by atoms with Gasteiger partial charge in [-0.05, 0) is 24.6 Å². The summed E-state index contributed by atoms with van der Waals surface area (Å²) in [5, 5.41) is 18.2. The maximum Gasteiger partial charge on any atom is 0.297 e. The van der Waals surface area contributed by atoms with E-state index in [0.717, 1.165) is 5.56 Å². The van der Waals surface area contributed by atoms with Crippen molar-refractivity contribution in [1.29, 1.82) is 10.5 Å². The number of nitrogens with zero attached hydrogens (tertiary/aromatic N) is 2. The van der Waals surface area contributed by atoms with E-state index < -0.39 is 16.7 Å². The third-order valence-electron chi connectivity index (χ3n) is 3.32. The van der Waals surface area contributed by atoms with Gasteiger partial charge in [-0.25, -0.2) is 0 Å². The average Bonchev–Trinajstić information content (AvgIpc) is 2.59. The van der Waals surface area contributed by atoms with Gasteiger partial charge in [-0.2, -0.15) is 18.9 Å². The number of hydrogen-bond donors (Lipinski definition) is 0. The summed E-state index contributed by atoms with van der Waals surface area (Å²) in [6.45, 7) is 1.45. The molecule has 0 fully saturated rings. The van der Waals surface area contributed by atoms with Crippen molar-refractivity contribution in [3.8, 4) is 12.1 Å². The molecule has 0 N–H and O–H groups in total. The lowest BCUT2D eigenvalue weighted by Crippen LogP contribution is -2.10. The molecule has 24 heavy (non-hydrogen) atoms. The van der Waals surface area contributed by atoms with Gasteiger partial charge in [0.05, 0.1) is 11.5 Å². The fourth-order valence-corrected chi connectivity index (χ4v) is 2.89. The Hall–Kier alpha value is -2.93. The normalized spacial score (nSPS) is 10.5. The molecular formula is C18H14N2O3S. The van der Waals surface area contributed by atoms with Crippen LogP contribution in [0.1, 0.15) is 11.1 Å². The van der Waals surface area contributed by atoms with Gasteiger partial charge in [-0.1, -0.05) is 48.0 Å². The number of rotatable bonds is 5. The predicted molar refractivity (Wildman–Crippen MR) is 88.9 cm³/mol. The van der Waals surface area contributed by atoms with E-state index in [9.17, 15) is 8.42 Å². The Labute approximate surface area is 141 Å². The fraction of sp³-hybridized carbons (Fsp3) is 0.111. The van der Waals surface area contributed by atoms with Crippen molar-refractivity contribution >= 4 is 15.7 Å². The molecule has 0 aliphatic rings. The van der Waals surface area contributed by atoms with E-state index in [1.54, 1.807) is 54.6 Å². The lowest BCUT2D eigenvalue weighted by molar-refractivity contribution is 0.362. The Balaban J connectivity index is 2.33. The second-order valence-corrected chi connectivity index (χ2v) is 6.59. The van der Waals surface area contributed by atoms with E-state index in [-0.39, 0.29) is 16.0 Å². The van der Waals surface area contributed by atoms with Gasteiger partial charge in [-0.15, -0.1) is 0 Å². The Bertz CT molecular complexity index is 916. The molecule has 0 unspecified atom stereocenters. The standard InChI is InChI=1S/C18H14N2O3S/c1-14-7-9-17(10-8-14)24(21,22)23-13-18(16(11-19)12-20)15-5-3-2-4-6-15/h2-10H,13H2,1H3. The van der Waals surface area contributed by atoms with Crippen LogP contribution in [0.5, 0.6) is 0 Å². The van der Waals surface area contributed by atoms with Crippen LogP contribution in [0.3, 0.4) is 0 Å². The lowest BCUT2D eigenvalue weighted by Gasteiger charge is -2.10. The largest absolute Gasteiger partial charge is 0.297 e. The van der Waals surface area contributed by atoms with E-state index >= 15 is 0 Å². The molecule has 0 aliphatic heterocycles. The zero-order valence-corrected chi connectivity index (χ0v) is 13.7. The number of aryl methyl sites for hydroxylation is 1. The summed E-state index contributed by atoms with van der Waals surface area (Å²) in [6.07, 6.45) is 0. The van der Waals surface area contributed by atoms with Crippen LogP contribution in [-0.2, 0) is 14.3 Å². The molecule has 2 rings (SSSR count). The highest BCUT2D eigenvalue weighted by Crippen LogP contribution is 2.21. The monoisotopic (exact) mass is 338 g/mol. The summed E-state index contributed by atoms with van der Waals surface area (Å²) in [5.41, 5.74) is 1.54. The topological polar surface area (TPSA) is 90.9 Å². The molecule has 0 heterocycles. The van der Waals surface area contributed by atoms with Gasteiger partial charge in [0.15, 0.2) is 0 Å². The Kier molecular flexibility index (Phi) is 5.49. The van der Waals surface area contributed by atoms with Crippen molar-refractivity contribution in [2.24, 2.45) is 0 Å². The van der Waals surface area contributed by atoms with Crippen LogP contribution in [0.15, 0.2) is 65.1 Å². The number of hydrogen-bond acceptors (Lipinski definition) is 5. The Morgan fingerprint density at radius 1 is 1.00 bits per heavy atom. The predicted octanol–water partition coefficient (Wildman–Crippen LogP) is 3.20. The zero-order chi connectivity index (χ0) is 17.6. The van der Waals surface area contributed by atoms with Crippen molar-refractivity contribution in [1.82, 2.24) is 0 Å². The number of allylic oxidation sites excluding steroid dienone is 1. The Morgan fingerprint density at radius 2 is 1.58 bits per heavy atom. The summed E-state index contributed by atoms with van der Waals surface area (Å²) >= 11 is 0. The van der Waals surface area contributed by atoms with Crippen molar-refractivity contribution in [3.05, 3.63) is 71.3 Å². The molecule has 0 spiro atoms. The van der Waals surface area contributed by atoms with Crippen LogP contribution in [0.2, 0.25) is 0 Å².